The maximum absolute atomic E-state index is 15.8. The Hall–Kier alpha value is -3.34. The third-order valence-electron chi connectivity index (χ3n) is 12.3. The maximum Gasteiger partial charge on any atom is 0.168 e. The van der Waals surface area contributed by atoms with Gasteiger partial charge in [-0.25, -0.2) is 25.6 Å². The van der Waals surface area contributed by atoms with Gasteiger partial charge in [0.05, 0.1) is 43.0 Å². The number of halogens is 2. The van der Waals surface area contributed by atoms with E-state index in [1.165, 1.54) is 57.2 Å². The molecule has 0 bridgehead atoms. The molecule has 0 aromatic heterocycles. The molecular formula is C39H52F2N4O8S2. The second-order valence-corrected chi connectivity index (χ2v) is 22.2. The second kappa shape index (κ2) is 13.9. The van der Waals surface area contributed by atoms with E-state index < -0.39 is 68.5 Å². The zero-order valence-corrected chi connectivity index (χ0v) is 33.6. The van der Waals surface area contributed by atoms with Crippen molar-refractivity contribution in [1.29, 1.82) is 0 Å². The van der Waals surface area contributed by atoms with Gasteiger partial charge in [-0.05, 0) is 108 Å². The van der Waals surface area contributed by atoms with Crippen molar-refractivity contribution < 1.29 is 44.6 Å². The zero-order valence-electron chi connectivity index (χ0n) is 32.0. The summed E-state index contributed by atoms with van der Waals surface area (Å²) < 4.78 is 111. The van der Waals surface area contributed by atoms with Crippen molar-refractivity contribution in [3.63, 3.8) is 0 Å². The van der Waals surface area contributed by atoms with Gasteiger partial charge in [0, 0.05) is 17.7 Å². The topological polar surface area (TPSA) is 182 Å². The maximum atomic E-state index is 15.8. The predicted octanol–water partition coefficient (Wildman–Crippen LogP) is 4.71. The minimum absolute atomic E-state index is 0.00577. The van der Waals surface area contributed by atoms with Crippen molar-refractivity contribution in [2.24, 2.45) is 33.3 Å². The Balaban J connectivity index is 1.20. The molecule has 1 aliphatic carbocycles. The summed E-state index contributed by atoms with van der Waals surface area (Å²) in [6.45, 7) is 8.84. The highest BCUT2D eigenvalue weighted by atomic mass is 32.2. The molecule has 55 heavy (non-hydrogen) atoms. The second-order valence-electron chi connectivity index (χ2n) is 16.9. The lowest BCUT2D eigenvalue weighted by Crippen LogP contribution is -2.65. The van der Waals surface area contributed by atoms with E-state index in [9.17, 15) is 16.8 Å². The molecule has 1 saturated carbocycles. The van der Waals surface area contributed by atoms with Gasteiger partial charge in [-0.3, -0.25) is 9.98 Å². The Kier molecular flexibility index (Phi) is 10.1. The van der Waals surface area contributed by atoms with Crippen LogP contribution < -0.4 is 20.9 Å². The van der Waals surface area contributed by atoms with Gasteiger partial charge in [-0.2, -0.15) is 0 Å². The number of hydrogen-bond donors (Lipinski definition) is 2. The number of nitrogens with two attached hydrogens (primary N) is 2. The monoisotopic (exact) mass is 806 g/mol. The molecule has 1 unspecified atom stereocenters. The van der Waals surface area contributed by atoms with Gasteiger partial charge >= 0.3 is 0 Å². The Morgan fingerprint density at radius 1 is 0.836 bits per heavy atom. The summed E-state index contributed by atoms with van der Waals surface area (Å²) in [5.41, 5.74) is 9.65. The molecular weight excluding hydrogens is 755 g/mol. The highest BCUT2D eigenvalue weighted by Crippen LogP contribution is 2.51. The van der Waals surface area contributed by atoms with Crippen LogP contribution in [-0.2, 0) is 40.2 Å². The number of hydrogen-bond acceptors (Lipinski definition) is 12. The smallest absolute Gasteiger partial charge is 0.168 e. The van der Waals surface area contributed by atoms with Crippen LogP contribution in [0.5, 0.6) is 11.5 Å². The normalized spacial score (nSPS) is 33.5. The zero-order chi connectivity index (χ0) is 39.8. The summed E-state index contributed by atoms with van der Waals surface area (Å²) in [6.07, 6.45) is 1.27. The van der Waals surface area contributed by atoms with Crippen LogP contribution in [0.3, 0.4) is 0 Å². The van der Waals surface area contributed by atoms with Crippen LogP contribution in [0.2, 0.25) is 0 Å². The Morgan fingerprint density at radius 3 is 2.05 bits per heavy atom. The number of amidine groups is 2. The molecule has 2 aromatic carbocycles. The van der Waals surface area contributed by atoms with Gasteiger partial charge in [0.1, 0.15) is 55.4 Å². The first-order valence-corrected chi connectivity index (χ1v) is 22.1. The third-order valence-corrected chi connectivity index (χ3v) is 18.3. The van der Waals surface area contributed by atoms with E-state index in [-0.39, 0.29) is 74.2 Å². The van der Waals surface area contributed by atoms with Gasteiger partial charge in [-0.1, -0.05) is 13.8 Å². The fraction of sp³-hybridized carbons (Fsp3) is 0.641. The van der Waals surface area contributed by atoms with Crippen molar-refractivity contribution in [3.05, 3.63) is 59.2 Å². The average molecular weight is 807 g/mol. The van der Waals surface area contributed by atoms with Gasteiger partial charge < -0.3 is 30.4 Å². The first-order chi connectivity index (χ1) is 25.8. The van der Waals surface area contributed by atoms with Crippen LogP contribution in [0, 0.1) is 23.5 Å². The average Bonchev–Trinajstić information content (AvgIpc) is 3.97. The molecule has 0 spiro atoms. The third kappa shape index (κ3) is 6.52. The number of fused-ring (bicyclic) bond motifs is 2. The Labute approximate surface area is 322 Å². The van der Waals surface area contributed by atoms with Gasteiger partial charge in [0.2, 0.25) is 0 Å². The molecule has 0 radical (unpaired) electrons. The number of benzene rings is 2. The molecule has 16 heteroatoms. The highest BCUT2D eigenvalue weighted by Gasteiger charge is 2.64. The van der Waals surface area contributed by atoms with Crippen molar-refractivity contribution in [3.8, 4) is 11.5 Å². The first-order valence-electron chi connectivity index (χ1n) is 19.0. The largest absolute Gasteiger partial charge is 0.493 e. The molecule has 2 aromatic rings. The standard InChI is InChI=1S/C39H52F2N4O8S2/c1-23(2)19-51-25-8-10-30(40)28(16-25)38-21-50-15-13-32(38)55(48,49)37(5,35(43)45-38)14-12-27-18-33-39(22-53-27,44-34(42)36(3,4)54(33,46)47)29-17-26(9-11-31(29)41)52-20-24-6-7-24/h8-11,16-17,23-24,27,32-33H,6-7,12-15,18-22H2,1-5H3,(H2,42,44)(H2,43,45)/t27-,32-,33-,37?,38-,39-/m1/s1. The number of nitrogens with zero attached hydrogens (tertiary/aromatic N) is 2. The fourth-order valence-corrected chi connectivity index (χ4v) is 13.2. The molecule has 4 N–H and O–H groups in total. The molecule has 3 fully saturated rings. The van der Waals surface area contributed by atoms with Crippen LogP contribution in [0.4, 0.5) is 8.78 Å². The van der Waals surface area contributed by atoms with Crippen LogP contribution in [0.1, 0.15) is 84.3 Å². The SMILES string of the molecule is CC(C)COc1ccc(F)c([C@]23COCC[C@H]2S(=O)(=O)C(C)(CC[C@@H]2C[C@@H]4[C@](c5cc(OCC6CC6)ccc5F)(CO2)N=C(N)C(C)(C)S4(=O)=O)C(N)=N3)c1. The molecule has 302 valence electrons. The summed E-state index contributed by atoms with van der Waals surface area (Å²) in [4.78, 5) is 9.52. The summed E-state index contributed by atoms with van der Waals surface area (Å²) in [5.74, 6) is -0.300. The van der Waals surface area contributed by atoms with Gasteiger partial charge in [-0.15, -0.1) is 0 Å². The molecule has 2 saturated heterocycles. The molecule has 0 amide bonds. The van der Waals surface area contributed by atoms with Crippen LogP contribution in [0.25, 0.3) is 0 Å². The number of rotatable bonds is 11. The van der Waals surface area contributed by atoms with E-state index in [1.54, 1.807) is 0 Å². The van der Waals surface area contributed by atoms with Crippen molar-refractivity contribution in [2.45, 2.75) is 110 Å². The summed E-state index contributed by atoms with van der Waals surface area (Å²) >= 11 is 0. The molecule has 12 nitrogen and oxygen atoms in total. The highest BCUT2D eigenvalue weighted by molar-refractivity contribution is 7.94. The minimum atomic E-state index is -4.20. The summed E-state index contributed by atoms with van der Waals surface area (Å²) in [7, 11) is -8.33. The Bertz CT molecular complexity index is 2130. The van der Waals surface area contributed by atoms with E-state index in [2.05, 4.69) is 0 Å². The molecule has 5 aliphatic rings. The summed E-state index contributed by atoms with van der Waals surface area (Å²) in [6, 6.07) is 8.44. The lowest BCUT2D eigenvalue weighted by molar-refractivity contribution is -0.0331. The van der Waals surface area contributed by atoms with Crippen molar-refractivity contribution in [2.75, 3.05) is 33.0 Å². The van der Waals surface area contributed by atoms with Gasteiger partial charge in [0.15, 0.2) is 19.7 Å². The minimum Gasteiger partial charge on any atom is -0.493 e. The number of aliphatic imine (C=N–C) groups is 2. The number of ether oxygens (including phenoxy) is 4. The van der Waals surface area contributed by atoms with E-state index in [0.29, 0.717) is 30.6 Å². The van der Waals surface area contributed by atoms with Crippen molar-refractivity contribution >= 4 is 31.3 Å². The van der Waals surface area contributed by atoms with E-state index in [1.807, 2.05) is 13.8 Å². The Morgan fingerprint density at radius 2 is 1.44 bits per heavy atom. The van der Waals surface area contributed by atoms with Crippen LogP contribution >= 0.6 is 0 Å². The van der Waals surface area contributed by atoms with E-state index in [0.717, 1.165) is 12.8 Å². The quantitative estimate of drug-likeness (QED) is 0.323. The van der Waals surface area contributed by atoms with Crippen molar-refractivity contribution in [1.82, 2.24) is 0 Å². The molecule has 4 aliphatic heterocycles. The molecule has 7 rings (SSSR count). The lowest BCUT2D eigenvalue weighted by atomic mass is 9.80. The molecule has 4 heterocycles. The summed E-state index contributed by atoms with van der Waals surface area (Å²) in [5, 5.41) is -2.43. The van der Waals surface area contributed by atoms with E-state index in [4.69, 9.17) is 40.4 Å². The number of sulfone groups is 2. The van der Waals surface area contributed by atoms with Crippen LogP contribution in [0.15, 0.2) is 46.4 Å². The first kappa shape index (κ1) is 39.9. The van der Waals surface area contributed by atoms with E-state index >= 15 is 8.78 Å². The molecule has 6 atom stereocenters. The van der Waals surface area contributed by atoms with Gasteiger partial charge in [0.25, 0.3) is 0 Å². The lowest BCUT2D eigenvalue weighted by Gasteiger charge is -2.51. The fourth-order valence-electron chi connectivity index (χ4n) is 8.38. The predicted molar refractivity (Wildman–Crippen MR) is 205 cm³/mol. The van der Waals surface area contributed by atoms with Crippen LogP contribution in [-0.4, -0.2) is 87.6 Å².